The van der Waals surface area contributed by atoms with Gasteiger partial charge in [0.25, 0.3) is 0 Å². The standard InChI is InChI=1S/C21H22BrFN2O3S/c22-16-6-7-17(18(23)12-16)21(15-4-2-1-3-5-15)24-19(26)13-29-14-20(27)25-8-10-28-11-9-25/h1-7,12,21H,8-11,13-14H2,(H,24,26). The van der Waals surface area contributed by atoms with Crippen molar-refractivity contribution < 1.29 is 18.7 Å². The zero-order valence-corrected chi connectivity index (χ0v) is 18.2. The van der Waals surface area contributed by atoms with E-state index in [2.05, 4.69) is 21.2 Å². The summed E-state index contributed by atoms with van der Waals surface area (Å²) in [5, 5.41) is 2.90. The van der Waals surface area contributed by atoms with Crippen molar-refractivity contribution in [3.05, 3.63) is 69.9 Å². The van der Waals surface area contributed by atoms with Crippen LogP contribution < -0.4 is 5.32 Å². The third-order valence-corrected chi connectivity index (χ3v) is 5.94. The first-order valence-electron chi connectivity index (χ1n) is 9.27. The smallest absolute Gasteiger partial charge is 0.232 e. The Labute approximate surface area is 182 Å². The highest BCUT2D eigenvalue weighted by Crippen LogP contribution is 2.26. The van der Waals surface area contributed by atoms with Crippen molar-refractivity contribution in [2.24, 2.45) is 0 Å². The summed E-state index contributed by atoms with van der Waals surface area (Å²) >= 11 is 4.52. The van der Waals surface area contributed by atoms with Gasteiger partial charge < -0.3 is 15.0 Å². The molecule has 2 amide bonds. The van der Waals surface area contributed by atoms with Gasteiger partial charge in [-0.05, 0) is 17.7 Å². The van der Waals surface area contributed by atoms with Crippen LogP contribution in [0.1, 0.15) is 17.2 Å². The molecule has 1 aliphatic heterocycles. The van der Waals surface area contributed by atoms with Gasteiger partial charge in [0.2, 0.25) is 11.8 Å². The van der Waals surface area contributed by atoms with E-state index in [1.54, 1.807) is 17.0 Å². The van der Waals surface area contributed by atoms with Crippen LogP contribution in [0.15, 0.2) is 53.0 Å². The number of nitrogens with one attached hydrogen (secondary N) is 1. The molecule has 1 N–H and O–H groups in total. The summed E-state index contributed by atoms with van der Waals surface area (Å²) < 4.78 is 20.4. The number of carbonyl (C=O) groups excluding carboxylic acids is 2. The fraction of sp³-hybridized carbons (Fsp3) is 0.333. The van der Waals surface area contributed by atoms with E-state index < -0.39 is 11.9 Å². The molecule has 1 fully saturated rings. The lowest BCUT2D eigenvalue weighted by molar-refractivity contribution is -0.132. The molecule has 0 saturated carbocycles. The van der Waals surface area contributed by atoms with Crippen LogP contribution in [-0.2, 0) is 14.3 Å². The summed E-state index contributed by atoms with van der Waals surface area (Å²) in [6.07, 6.45) is 0. The molecular weight excluding hydrogens is 459 g/mol. The molecule has 5 nitrogen and oxygen atoms in total. The van der Waals surface area contributed by atoms with Gasteiger partial charge in [0.05, 0.1) is 30.8 Å². The summed E-state index contributed by atoms with van der Waals surface area (Å²) in [5.74, 6) is -0.289. The maximum Gasteiger partial charge on any atom is 0.232 e. The van der Waals surface area contributed by atoms with E-state index in [1.807, 2.05) is 30.3 Å². The van der Waals surface area contributed by atoms with Crippen LogP contribution in [0.4, 0.5) is 4.39 Å². The Bertz CT molecular complexity index is 847. The van der Waals surface area contributed by atoms with Crippen LogP contribution in [0.2, 0.25) is 0 Å². The van der Waals surface area contributed by atoms with E-state index in [9.17, 15) is 14.0 Å². The fourth-order valence-electron chi connectivity index (χ4n) is 3.06. The van der Waals surface area contributed by atoms with Crippen molar-refractivity contribution in [1.29, 1.82) is 0 Å². The SMILES string of the molecule is O=C(CSCC(=O)N1CCOCC1)NC(c1ccccc1)c1ccc(Br)cc1F. The summed E-state index contributed by atoms with van der Waals surface area (Å²) in [7, 11) is 0. The maximum atomic E-state index is 14.6. The van der Waals surface area contributed by atoms with Gasteiger partial charge in [0.15, 0.2) is 0 Å². The van der Waals surface area contributed by atoms with Gasteiger partial charge in [-0.1, -0.05) is 52.3 Å². The van der Waals surface area contributed by atoms with Crippen molar-refractivity contribution in [2.75, 3.05) is 37.8 Å². The Kier molecular flexibility index (Phi) is 8.09. The molecule has 1 unspecified atom stereocenters. The van der Waals surface area contributed by atoms with Gasteiger partial charge in [0.1, 0.15) is 5.82 Å². The second-order valence-corrected chi connectivity index (χ2v) is 8.46. The average molecular weight is 481 g/mol. The predicted octanol–water partition coefficient (Wildman–Crippen LogP) is 3.39. The third-order valence-electron chi connectivity index (χ3n) is 4.53. The Morgan fingerprint density at radius 2 is 1.86 bits per heavy atom. The number of ether oxygens (including phenoxy) is 1. The summed E-state index contributed by atoms with van der Waals surface area (Å²) in [4.78, 5) is 26.5. The van der Waals surface area contributed by atoms with Crippen LogP contribution in [-0.4, -0.2) is 54.5 Å². The molecule has 1 aliphatic rings. The molecule has 0 aromatic heterocycles. The van der Waals surface area contributed by atoms with Crippen molar-refractivity contribution in [2.45, 2.75) is 6.04 Å². The largest absolute Gasteiger partial charge is 0.378 e. The maximum absolute atomic E-state index is 14.6. The van der Waals surface area contributed by atoms with Gasteiger partial charge in [-0.15, -0.1) is 11.8 Å². The highest BCUT2D eigenvalue weighted by Gasteiger charge is 2.21. The van der Waals surface area contributed by atoms with Gasteiger partial charge in [-0.2, -0.15) is 0 Å². The van der Waals surface area contributed by atoms with E-state index >= 15 is 0 Å². The molecule has 1 heterocycles. The third kappa shape index (κ3) is 6.29. The highest BCUT2D eigenvalue weighted by atomic mass is 79.9. The molecule has 3 rings (SSSR count). The molecular formula is C21H22BrFN2O3S. The second-order valence-electron chi connectivity index (χ2n) is 6.56. The van der Waals surface area contributed by atoms with Gasteiger partial charge >= 0.3 is 0 Å². The lowest BCUT2D eigenvalue weighted by atomic mass is 9.98. The number of morpholine rings is 1. The number of hydrogen-bond donors (Lipinski definition) is 1. The van der Waals surface area contributed by atoms with E-state index in [4.69, 9.17) is 4.74 Å². The highest BCUT2D eigenvalue weighted by molar-refractivity contribution is 9.10. The second kappa shape index (κ2) is 10.8. The molecule has 2 aromatic carbocycles. The number of hydrogen-bond acceptors (Lipinski definition) is 4. The van der Waals surface area contributed by atoms with Crippen LogP contribution in [0.3, 0.4) is 0 Å². The molecule has 0 spiro atoms. The number of carbonyl (C=O) groups is 2. The summed E-state index contributed by atoms with van der Waals surface area (Å²) in [6.45, 7) is 2.28. The van der Waals surface area contributed by atoms with E-state index in [0.29, 0.717) is 36.3 Å². The number of nitrogens with zero attached hydrogens (tertiary/aromatic N) is 1. The minimum absolute atomic E-state index is 0.00432. The first-order chi connectivity index (χ1) is 14.0. The molecule has 154 valence electrons. The minimum Gasteiger partial charge on any atom is -0.378 e. The molecule has 1 atom stereocenters. The van der Waals surface area contributed by atoms with E-state index in [0.717, 1.165) is 5.56 Å². The van der Waals surface area contributed by atoms with Gasteiger partial charge in [0, 0.05) is 23.1 Å². The zero-order valence-electron chi connectivity index (χ0n) is 15.8. The number of amides is 2. The normalized spacial score (nSPS) is 15.0. The predicted molar refractivity (Wildman–Crippen MR) is 115 cm³/mol. The fourth-order valence-corrected chi connectivity index (χ4v) is 4.12. The lowest BCUT2D eigenvalue weighted by Gasteiger charge is -2.26. The Balaban J connectivity index is 1.61. The quantitative estimate of drug-likeness (QED) is 0.659. The van der Waals surface area contributed by atoms with Gasteiger partial charge in [-0.25, -0.2) is 4.39 Å². The molecule has 2 aromatic rings. The summed E-state index contributed by atoms with van der Waals surface area (Å²) in [5.41, 5.74) is 1.18. The zero-order chi connectivity index (χ0) is 20.6. The Hall–Kier alpha value is -1.90. The van der Waals surface area contributed by atoms with Crippen molar-refractivity contribution >= 4 is 39.5 Å². The molecule has 1 saturated heterocycles. The molecule has 29 heavy (non-hydrogen) atoms. The first kappa shape index (κ1) is 21.8. The van der Waals surface area contributed by atoms with Crippen LogP contribution in [0, 0.1) is 5.82 Å². The van der Waals surface area contributed by atoms with E-state index in [-0.39, 0.29) is 23.3 Å². The molecule has 0 radical (unpaired) electrons. The number of halogens is 2. The minimum atomic E-state index is -0.604. The van der Waals surface area contributed by atoms with Crippen LogP contribution in [0.25, 0.3) is 0 Å². The number of thioether (sulfide) groups is 1. The summed E-state index contributed by atoms with van der Waals surface area (Å²) in [6, 6.07) is 13.4. The molecule has 0 aliphatic carbocycles. The van der Waals surface area contributed by atoms with Crippen molar-refractivity contribution in [1.82, 2.24) is 10.2 Å². The first-order valence-corrected chi connectivity index (χ1v) is 11.2. The average Bonchev–Trinajstić information content (AvgIpc) is 2.74. The Morgan fingerprint density at radius 3 is 2.55 bits per heavy atom. The van der Waals surface area contributed by atoms with Crippen molar-refractivity contribution in [3.8, 4) is 0 Å². The molecule has 0 bridgehead atoms. The van der Waals surface area contributed by atoms with E-state index in [1.165, 1.54) is 17.8 Å². The topological polar surface area (TPSA) is 58.6 Å². The van der Waals surface area contributed by atoms with Gasteiger partial charge in [-0.3, -0.25) is 9.59 Å². The molecule has 8 heteroatoms. The number of rotatable bonds is 7. The monoisotopic (exact) mass is 480 g/mol. The Morgan fingerprint density at radius 1 is 1.14 bits per heavy atom. The van der Waals surface area contributed by atoms with Crippen molar-refractivity contribution in [3.63, 3.8) is 0 Å². The van der Waals surface area contributed by atoms with Crippen LogP contribution in [0.5, 0.6) is 0 Å². The lowest BCUT2D eigenvalue weighted by Crippen LogP contribution is -2.41. The van der Waals surface area contributed by atoms with Crippen LogP contribution >= 0.6 is 27.7 Å². The number of benzene rings is 2.